The summed E-state index contributed by atoms with van der Waals surface area (Å²) in [6.07, 6.45) is 1.73. The first-order valence-electron chi connectivity index (χ1n) is 7.18. The Kier molecular flexibility index (Phi) is 5.14. The normalized spacial score (nSPS) is 16.9. The first kappa shape index (κ1) is 15.7. The van der Waals surface area contributed by atoms with E-state index >= 15 is 0 Å². The summed E-state index contributed by atoms with van der Waals surface area (Å²) in [7, 11) is 2.05. The molecule has 1 saturated heterocycles. The van der Waals surface area contributed by atoms with Gasteiger partial charge in [0.25, 0.3) is 5.91 Å². The summed E-state index contributed by atoms with van der Waals surface area (Å²) in [4.78, 5) is 16.5. The molecule has 6 heteroatoms. The highest BCUT2D eigenvalue weighted by atomic mass is 19.1. The summed E-state index contributed by atoms with van der Waals surface area (Å²) < 4.78 is 13.1. The SMILES string of the molecule is CN1CCC(N(CCO)C(=O)c2ccc(F)cc2N)CC1. The van der Waals surface area contributed by atoms with Gasteiger partial charge in [-0.2, -0.15) is 0 Å². The second kappa shape index (κ2) is 6.87. The Hall–Kier alpha value is -1.66. The highest BCUT2D eigenvalue weighted by Crippen LogP contribution is 2.21. The lowest BCUT2D eigenvalue weighted by Gasteiger charge is -2.37. The zero-order chi connectivity index (χ0) is 15.4. The van der Waals surface area contributed by atoms with Crippen LogP contribution in [0.5, 0.6) is 0 Å². The minimum Gasteiger partial charge on any atom is -0.398 e. The van der Waals surface area contributed by atoms with Crippen molar-refractivity contribution in [1.82, 2.24) is 9.80 Å². The Morgan fingerprint density at radius 1 is 1.48 bits per heavy atom. The topological polar surface area (TPSA) is 69.8 Å². The van der Waals surface area contributed by atoms with Gasteiger partial charge in [0.15, 0.2) is 0 Å². The van der Waals surface area contributed by atoms with Gasteiger partial charge in [-0.1, -0.05) is 0 Å². The number of amides is 1. The summed E-state index contributed by atoms with van der Waals surface area (Å²) in [6.45, 7) is 2.00. The van der Waals surface area contributed by atoms with Gasteiger partial charge in [0.1, 0.15) is 5.82 Å². The molecule has 1 amide bonds. The third kappa shape index (κ3) is 3.71. The molecule has 0 aliphatic carbocycles. The maximum atomic E-state index is 13.1. The van der Waals surface area contributed by atoms with E-state index in [9.17, 15) is 14.3 Å². The fourth-order valence-electron chi connectivity index (χ4n) is 2.75. The number of nitrogens with zero attached hydrogens (tertiary/aromatic N) is 2. The van der Waals surface area contributed by atoms with Crippen molar-refractivity contribution in [2.75, 3.05) is 39.0 Å². The van der Waals surface area contributed by atoms with E-state index in [1.165, 1.54) is 12.1 Å². The number of nitrogen functional groups attached to an aromatic ring is 1. The Balaban J connectivity index is 2.18. The van der Waals surface area contributed by atoms with E-state index in [1.54, 1.807) is 4.90 Å². The maximum Gasteiger partial charge on any atom is 0.256 e. The summed E-state index contributed by atoms with van der Waals surface area (Å²) in [5, 5.41) is 9.23. The number of piperidine rings is 1. The number of nitrogens with two attached hydrogens (primary N) is 1. The lowest BCUT2D eigenvalue weighted by molar-refractivity contribution is 0.0541. The predicted molar refractivity (Wildman–Crippen MR) is 79.5 cm³/mol. The van der Waals surface area contributed by atoms with E-state index in [2.05, 4.69) is 4.90 Å². The van der Waals surface area contributed by atoms with Crippen LogP contribution in [0.25, 0.3) is 0 Å². The molecule has 0 saturated carbocycles. The van der Waals surface area contributed by atoms with Crippen molar-refractivity contribution in [3.8, 4) is 0 Å². The Labute approximate surface area is 124 Å². The first-order chi connectivity index (χ1) is 10.0. The number of carbonyl (C=O) groups excluding carboxylic acids is 1. The molecule has 1 aromatic rings. The number of benzene rings is 1. The van der Waals surface area contributed by atoms with Crippen LogP contribution in [0.2, 0.25) is 0 Å². The van der Waals surface area contributed by atoms with Gasteiger partial charge >= 0.3 is 0 Å². The van der Waals surface area contributed by atoms with Gasteiger partial charge in [-0.3, -0.25) is 4.79 Å². The van der Waals surface area contributed by atoms with Crippen molar-refractivity contribution in [1.29, 1.82) is 0 Å². The molecule has 5 nitrogen and oxygen atoms in total. The molecule has 3 N–H and O–H groups in total. The van der Waals surface area contributed by atoms with E-state index in [4.69, 9.17) is 5.73 Å². The molecule has 0 unspecified atom stereocenters. The van der Waals surface area contributed by atoms with E-state index in [0.717, 1.165) is 32.0 Å². The maximum absolute atomic E-state index is 13.1. The predicted octanol–water partition coefficient (Wildman–Crippen LogP) is 0.937. The minimum atomic E-state index is -0.461. The molecule has 0 bridgehead atoms. The quantitative estimate of drug-likeness (QED) is 0.811. The van der Waals surface area contributed by atoms with Gasteiger partial charge in [-0.05, 0) is 51.2 Å². The van der Waals surface area contributed by atoms with Crippen LogP contribution in [0.1, 0.15) is 23.2 Å². The molecule has 1 aliphatic rings. The first-order valence-corrected chi connectivity index (χ1v) is 7.18. The van der Waals surface area contributed by atoms with Crippen LogP contribution in [-0.2, 0) is 0 Å². The number of likely N-dealkylation sites (tertiary alicyclic amines) is 1. The van der Waals surface area contributed by atoms with Crippen molar-refractivity contribution in [2.24, 2.45) is 0 Å². The van der Waals surface area contributed by atoms with Crippen molar-refractivity contribution < 1.29 is 14.3 Å². The second-order valence-electron chi connectivity index (χ2n) is 5.49. The number of carbonyl (C=O) groups is 1. The van der Waals surface area contributed by atoms with Crippen molar-refractivity contribution >= 4 is 11.6 Å². The number of halogens is 1. The van der Waals surface area contributed by atoms with Crippen LogP contribution in [0.15, 0.2) is 18.2 Å². The van der Waals surface area contributed by atoms with Gasteiger partial charge < -0.3 is 20.6 Å². The fraction of sp³-hybridized carbons (Fsp3) is 0.533. The molecule has 116 valence electrons. The number of aliphatic hydroxyl groups excluding tert-OH is 1. The summed E-state index contributed by atoms with van der Waals surface area (Å²) in [5.74, 6) is -0.701. The van der Waals surface area contributed by atoms with Crippen LogP contribution in [0.4, 0.5) is 10.1 Å². The lowest BCUT2D eigenvalue weighted by atomic mass is 10.0. The van der Waals surface area contributed by atoms with E-state index < -0.39 is 5.82 Å². The van der Waals surface area contributed by atoms with Crippen LogP contribution in [0.3, 0.4) is 0 Å². The fourth-order valence-corrected chi connectivity index (χ4v) is 2.75. The van der Waals surface area contributed by atoms with E-state index in [1.807, 2.05) is 7.05 Å². The molecule has 1 heterocycles. The van der Waals surface area contributed by atoms with Crippen LogP contribution in [-0.4, -0.2) is 60.1 Å². The molecule has 21 heavy (non-hydrogen) atoms. The Morgan fingerprint density at radius 3 is 2.71 bits per heavy atom. The van der Waals surface area contributed by atoms with Crippen molar-refractivity contribution in [3.05, 3.63) is 29.6 Å². The van der Waals surface area contributed by atoms with Crippen LogP contribution < -0.4 is 5.73 Å². The molecular formula is C15H22FN3O2. The molecule has 0 radical (unpaired) electrons. The number of rotatable bonds is 4. The molecule has 1 fully saturated rings. The summed E-state index contributed by atoms with van der Waals surface area (Å²) >= 11 is 0. The monoisotopic (exact) mass is 295 g/mol. The molecule has 0 aromatic heterocycles. The lowest BCUT2D eigenvalue weighted by Crippen LogP contribution is -2.47. The van der Waals surface area contributed by atoms with Crippen molar-refractivity contribution in [2.45, 2.75) is 18.9 Å². The van der Waals surface area contributed by atoms with Gasteiger partial charge in [-0.25, -0.2) is 4.39 Å². The zero-order valence-corrected chi connectivity index (χ0v) is 12.3. The Morgan fingerprint density at radius 2 is 2.14 bits per heavy atom. The number of aliphatic hydroxyl groups is 1. The summed E-state index contributed by atoms with van der Waals surface area (Å²) in [6, 6.07) is 3.88. The molecule has 0 atom stereocenters. The third-order valence-corrected chi connectivity index (χ3v) is 3.97. The highest BCUT2D eigenvalue weighted by Gasteiger charge is 2.28. The van der Waals surface area contributed by atoms with Crippen LogP contribution >= 0.6 is 0 Å². The largest absolute Gasteiger partial charge is 0.398 e. The van der Waals surface area contributed by atoms with Gasteiger partial charge in [0, 0.05) is 18.3 Å². The molecular weight excluding hydrogens is 273 g/mol. The summed E-state index contributed by atoms with van der Waals surface area (Å²) in [5.41, 5.74) is 6.18. The standard InChI is InChI=1S/C15H22FN3O2/c1-18-6-4-12(5-7-18)19(8-9-20)15(21)13-3-2-11(16)10-14(13)17/h2-3,10,12,20H,4-9,17H2,1H3. The van der Waals surface area contributed by atoms with E-state index in [-0.39, 0.29) is 30.8 Å². The number of hydrogen-bond donors (Lipinski definition) is 2. The van der Waals surface area contributed by atoms with Crippen LogP contribution in [0, 0.1) is 5.82 Å². The van der Waals surface area contributed by atoms with Gasteiger partial charge in [0.2, 0.25) is 0 Å². The third-order valence-electron chi connectivity index (χ3n) is 3.97. The second-order valence-corrected chi connectivity index (χ2v) is 5.49. The number of hydrogen-bond acceptors (Lipinski definition) is 4. The molecule has 1 aliphatic heterocycles. The van der Waals surface area contributed by atoms with Gasteiger partial charge in [-0.15, -0.1) is 0 Å². The zero-order valence-electron chi connectivity index (χ0n) is 12.3. The van der Waals surface area contributed by atoms with E-state index in [0.29, 0.717) is 5.56 Å². The van der Waals surface area contributed by atoms with Gasteiger partial charge in [0.05, 0.1) is 12.2 Å². The molecule has 2 rings (SSSR count). The average Bonchev–Trinajstić information content (AvgIpc) is 2.45. The van der Waals surface area contributed by atoms with Crippen molar-refractivity contribution in [3.63, 3.8) is 0 Å². The smallest absolute Gasteiger partial charge is 0.256 e. The molecule has 0 spiro atoms. The Bertz CT molecular complexity index is 502. The average molecular weight is 295 g/mol. The highest BCUT2D eigenvalue weighted by molar-refractivity contribution is 5.99. The minimum absolute atomic E-state index is 0.0882. The number of anilines is 1. The molecule has 1 aromatic carbocycles.